The molecule has 1 aromatic carbocycles. The van der Waals surface area contributed by atoms with Gasteiger partial charge in [-0.1, -0.05) is 12.1 Å². The van der Waals surface area contributed by atoms with Gasteiger partial charge in [-0.05, 0) is 66.9 Å². The molecule has 0 aliphatic carbocycles. The standard InChI is InChI=1S/C21H24N4/c1-2-18-14-25(10-1)11-8-19(18)24-21-6-5-17(13-23-21)16-4-3-15-7-9-22-20(15)12-16/h3-7,9,12-13,18-19,22H,1-2,8,10-11,14H2,(H,23,24)/t18-,19+/m1/s1. The van der Waals surface area contributed by atoms with E-state index in [9.17, 15) is 0 Å². The smallest absolute Gasteiger partial charge is 0.126 e. The predicted molar refractivity (Wildman–Crippen MR) is 103 cm³/mol. The Morgan fingerprint density at radius 3 is 2.92 bits per heavy atom. The summed E-state index contributed by atoms with van der Waals surface area (Å²) in [5.74, 6) is 1.79. The Bertz CT molecular complexity index is 867. The van der Waals surface area contributed by atoms with E-state index in [1.807, 2.05) is 12.4 Å². The zero-order valence-corrected chi connectivity index (χ0v) is 14.4. The summed E-state index contributed by atoms with van der Waals surface area (Å²) in [6.45, 7) is 3.77. The minimum atomic E-state index is 0.574. The molecule has 3 atom stereocenters. The van der Waals surface area contributed by atoms with Gasteiger partial charge in [-0.25, -0.2) is 4.98 Å². The molecule has 2 aliphatic heterocycles. The van der Waals surface area contributed by atoms with E-state index >= 15 is 0 Å². The highest BCUT2D eigenvalue weighted by Crippen LogP contribution is 2.29. The van der Waals surface area contributed by atoms with E-state index in [2.05, 4.69) is 56.6 Å². The fraction of sp³-hybridized carbons (Fsp3) is 0.381. The van der Waals surface area contributed by atoms with Gasteiger partial charge in [0.05, 0.1) is 0 Å². The Balaban J connectivity index is 1.32. The normalized spacial score (nSPS) is 25.8. The lowest BCUT2D eigenvalue weighted by molar-refractivity contribution is 0.113. The van der Waals surface area contributed by atoms with Crippen LogP contribution in [0.25, 0.3) is 22.0 Å². The van der Waals surface area contributed by atoms with Gasteiger partial charge in [-0.3, -0.25) is 0 Å². The summed E-state index contributed by atoms with van der Waals surface area (Å²) in [5.41, 5.74) is 3.54. The first-order valence-corrected chi connectivity index (χ1v) is 9.38. The molecule has 4 heterocycles. The van der Waals surface area contributed by atoms with Gasteiger partial charge in [0.25, 0.3) is 0 Å². The molecule has 0 radical (unpaired) electrons. The van der Waals surface area contributed by atoms with Crippen molar-refractivity contribution in [3.05, 3.63) is 48.8 Å². The number of anilines is 1. The highest BCUT2D eigenvalue weighted by Gasteiger charge is 2.31. The first-order chi connectivity index (χ1) is 12.3. The van der Waals surface area contributed by atoms with Crippen molar-refractivity contribution in [2.75, 3.05) is 25.0 Å². The summed E-state index contributed by atoms with van der Waals surface area (Å²) in [6, 6.07) is 13.5. The van der Waals surface area contributed by atoms with Gasteiger partial charge in [-0.15, -0.1) is 0 Å². The molecule has 5 rings (SSSR count). The fourth-order valence-electron chi connectivity index (χ4n) is 4.44. The van der Waals surface area contributed by atoms with Crippen molar-refractivity contribution >= 4 is 16.7 Å². The second kappa shape index (κ2) is 6.19. The predicted octanol–water partition coefficient (Wildman–Crippen LogP) is 4.13. The molecule has 128 valence electrons. The summed E-state index contributed by atoms with van der Waals surface area (Å²) >= 11 is 0. The maximum Gasteiger partial charge on any atom is 0.126 e. The highest BCUT2D eigenvalue weighted by atomic mass is 15.2. The van der Waals surface area contributed by atoms with Crippen LogP contribution in [0.1, 0.15) is 19.3 Å². The number of pyridine rings is 1. The van der Waals surface area contributed by atoms with Crippen molar-refractivity contribution in [1.29, 1.82) is 0 Å². The third kappa shape index (κ3) is 2.91. The van der Waals surface area contributed by atoms with Crippen LogP contribution in [0, 0.1) is 5.92 Å². The number of nitrogens with zero attached hydrogens (tertiary/aromatic N) is 2. The van der Waals surface area contributed by atoms with Crippen LogP contribution >= 0.6 is 0 Å². The number of benzene rings is 1. The van der Waals surface area contributed by atoms with Crippen molar-refractivity contribution < 1.29 is 0 Å². The minimum Gasteiger partial charge on any atom is -0.367 e. The van der Waals surface area contributed by atoms with Crippen LogP contribution in [0.15, 0.2) is 48.8 Å². The van der Waals surface area contributed by atoms with E-state index in [-0.39, 0.29) is 0 Å². The zero-order chi connectivity index (χ0) is 16.6. The summed E-state index contributed by atoms with van der Waals surface area (Å²) in [4.78, 5) is 10.6. The highest BCUT2D eigenvalue weighted by molar-refractivity contribution is 5.84. The maximum atomic E-state index is 4.69. The number of aromatic nitrogens is 2. The largest absolute Gasteiger partial charge is 0.367 e. The number of hydrogen-bond acceptors (Lipinski definition) is 3. The van der Waals surface area contributed by atoms with Gasteiger partial charge in [0.2, 0.25) is 0 Å². The van der Waals surface area contributed by atoms with Gasteiger partial charge in [-0.2, -0.15) is 0 Å². The van der Waals surface area contributed by atoms with Crippen molar-refractivity contribution in [2.45, 2.75) is 25.3 Å². The van der Waals surface area contributed by atoms with E-state index < -0.39 is 0 Å². The summed E-state index contributed by atoms with van der Waals surface area (Å²) < 4.78 is 0. The molecule has 2 saturated heterocycles. The minimum absolute atomic E-state index is 0.574. The average Bonchev–Trinajstić information content (AvgIpc) is 3.13. The molecule has 2 fully saturated rings. The lowest BCUT2D eigenvalue weighted by Gasteiger charge is -2.43. The SMILES string of the molecule is c1cc2ccc(-c3ccc(N[C@H]4CCN5CCC[C@@H]4C5)nc3)cc2[nH]1. The van der Waals surface area contributed by atoms with Crippen molar-refractivity contribution in [3.63, 3.8) is 0 Å². The second-order valence-corrected chi connectivity index (χ2v) is 7.45. The monoisotopic (exact) mass is 332 g/mol. The number of H-pyrrole nitrogens is 1. The molecule has 3 aromatic rings. The Morgan fingerprint density at radius 1 is 1.04 bits per heavy atom. The summed E-state index contributed by atoms with van der Waals surface area (Å²) in [7, 11) is 0. The number of hydrogen-bond donors (Lipinski definition) is 2. The zero-order valence-electron chi connectivity index (χ0n) is 14.4. The van der Waals surface area contributed by atoms with Gasteiger partial charge < -0.3 is 15.2 Å². The fourth-order valence-corrected chi connectivity index (χ4v) is 4.44. The molecule has 2 aromatic heterocycles. The lowest BCUT2D eigenvalue weighted by atomic mass is 9.85. The lowest BCUT2D eigenvalue weighted by Crippen LogP contribution is -2.49. The molecule has 25 heavy (non-hydrogen) atoms. The van der Waals surface area contributed by atoms with Gasteiger partial charge in [0.15, 0.2) is 0 Å². The first-order valence-electron chi connectivity index (χ1n) is 9.38. The molecule has 4 nitrogen and oxygen atoms in total. The number of nitrogens with one attached hydrogen (secondary N) is 2. The molecule has 0 spiro atoms. The van der Waals surface area contributed by atoms with E-state index in [0.717, 1.165) is 17.3 Å². The Kier molecular flexibility index (Phi) is 3.71. The maximum absolute atomic E-state index is 4.69. The van der Waals surface area contributed by atoms with E-state index in [1.54, 1.807) is 0 Å². The van der Waals surface area contributed by atoms with Crippen LogP contribution in [0.5, 0.6) is 0 Å². The van der Waals surface area contributed by atoms with Crippen LogP contribution in [0.3, 0.4) is 0 Å². The molecule has 4 heteroatoms. The topological polar surface area (TPSA) is 44.0 Å². The van der Waals surface area contributed by atoms with Crippen molar-refractivity contribution in [2.24, 2.45) is 5.92 Å². The van der Waals surface area contributed by atoms with Crippen LogP contribution in [-0.2, 0) is 0 Å². The molecule has 0 saturated carbocycles. The number of rotatable bonds is 3. The number of piperidine rings is 2. The first kappa shape index (κ1) is 15.0. The third-order valence-corrected chi connectivity index (χ3v) is 5.85. The van der Waals surface area contributed by atoms with Crippen LogP contribution in [0.2, 0.25) is 0 Å². The van der Waals surface area contributed by atoms with Crippen molar-refractivity contribution in [3.8, 4) is 11.1 Å². The second-order valence-electron chi connectivity index (χ2n) is 7.45. The third-order valence-electron chi connectivity index (χ3n) is 5.85. The summed E-state index contributed by atoms with van der Waals surface area (Å²) in [6.07, 6.45) is 7.90. The quantitative estimate of drug-likeness (QED) is 0.758. The molecular weight excluding hydrogens is 308 g/mol. The Labute approximate surface area is 148 Å². The molecule has 1 unspecified atom stereocenters. The van der Waals surface area contributed by atoms with E-state index in [0.29, 0.717) is 6.04 Å². The van der Waals surface area contributed by atoms with Gasteiger partial charge in [0.1, 0.15) is 5.82 Å². The molecule has 0 amide bonds. The molecule has 2 bridgehead atoms. The Hall–Kier alpha value is -2.33. The van der Waals surface area contributed by atoms with Gasteiger partial charge >= 0.3 is 0 Å². The molecular formula is C21H24N4. The summed E-state index contributed by atoms with van der Waals surface area (Å²) in [5, 5.41) is 4.94. The molecule has 2 aliphatic rings. The van der Waals surface area contributed by atoms with E-state index in [1.165, 1.54) is 55.4 Å². The number of fused-ring (bicyclic) bond motifs is 3. The van der Waals surface area contributed by atoms with E-state index in [4.69, 9.17) is 0 Å². The van der Waals surface area contributed by atoms with Crippen molar-refractivity contribution in [1.82, 2.24) is 14.9 Å². The Morgan fingerprint density at radius 2 is 2.00 bits per heavy atom. The molecule has 2 N–H and O–H groups in total. The van der Waals surface area contributed by atoms with Crippen LogP contribution < -0.4 is 5.32 Å². The number of aromatic amines is 1. The van der Waals surface area contributed by atoms with Gasteiger partial charge in [0, 0.05) is 42.6 Å². The van der Waals surface area contributed by atoms with Crippen LogP contribution in [0.4, 0.5) is 5.82 Å². The van der Waals surface area contributed by atoms with Crippen LogP contribution in [-0.4, -0.2) is 40.5 Å². The average molecular weight is 332 g/mol.